The molecule has 0 aliphatic carbocycles. The number of piperidine rings is 1. The van der Waals surface area contributed by atoms with Crippen molar-refractivity contribution in [2.75, 3.05) is 26.3 Å². The van der Waals surface area contributed by atoms with Gasteiger partial charge in [0.1, 0.15) is 22.8 Å². The molecule has 2 aliphatic rings. The molecule has 0 bridgehead atoms. The average molecular weight is 644 g/mol. The molecule has 47 heavy (non-hydrogen) atoms. The summed E-state index contributed by atoms with van der Waals surface area (Å²) in [5.41, 5.74) is 2.80. The quantitative estimate of drug-likeness (QED) is 0.172. The summed E-state index contributed by atoms with van der Waals surface area (Å²) in [7, 11) is 1.84. The molecular weight excluding hydrogens is 609 g/mol. The van der Waals surface area contributed by atoms with Gasteiger partial charge in [0, 0.05) is 50.3 Å². The lowest BCUT2D eigenvalue weighted by molar-refractivity contribution is -0.00573. The molecule has 1 spiro atoms. The van der Waals surface area contributed by atoms with Crippen molar-refractivity contribution < 1.29 is 42.8 Å². The van der Waals surface area contributed by atoms with Crippen molar-refractivity contribution >= 4 is 17.8 Å². The molecule has 1 saturated heterocycles. The molecule has 1 aromatic heterocycles. The van der Waals surface area contributed by atoms with Crippen LogP contribution < -0.4 is 18.9 Å². The first kappa shape index (κ1) is 31.6. The number of Topliss-reactive ketones (excluding diaryl/α,β-unsaturated/α-hetero) is 1. The molecular formula is C35H34FN3O8. The SMILES string of the molecule is CCOc1cc(C(=O)N2CCC3(CC2)CC(=O)c2cc(-c4cnn(C)c4)ccc2O3)cc(OCC)c1-c1ccc(F)c(OC(=O)O)c1. The van der Waals surface area contributed by atoms with Crippen LogP contribution in [0.1, 0.15) is 53.8 Å². The number of carbonyl (C=O) groups is 3. The highest BCUT2D eigenvalue weighted by Gasteiger charge is 2.44. The van der Waals surface area contributed by atoms with Gasteiger partial charge in [0.05, 0.1) is 37.0 Å². The van der Waals surface area contributed by atoms with E-state index in [1.807, 2.05) is 31.4 Å². The van der Waals surface area contributed by atoms with Gasteiger partial charge in [-0.25, -0.2) is 9.18 Å². The van der Waals surface area contributed by atoms with E-state index < -0.39 is 23.3 Å². The molecule has 2 aliphatic heterocycles. The van der Waals surface area contributed by atoms with Gasteiger partial charge in [0.2, 0.25) is 0 Å². The number of hydrogen-bond acceptors (Lipinski definition) is 8. The number of likely N-dealkylation sites (tertiary alicyclic amines) is 1. The molecule has 244 valence electrons. The summed E-state index contributed by atoms with van der Waals surface area (Å²) in [5.74, 6) is -0.382. The topological polar surface area (TPSA) is 129 Å². The van der Waals surface area contributed by atoms with E-state index in [-0.39, 0.29) is 31.3 Å². The Morgan fingerprint density at radius 3 is 2.26 bits per heavy atom. The fraction of sp³-hybridized carbons (Fsp3) is 0.314. The lowest BCUT2D eigenvalue weighted by atomic mass is 9.82. The molecule has 1 fully saturated rings. The van der Waals surface area contributed by atoms with E-state index >= 15 is 0 Å². The molecule has 3 aromatic carbocycles. The van der Waals surface area contributed by atoms with Crippen LogP contribution in [0.3, 0.4) is 0 Å². The van der Waals surface area contributed by atoms with Crippen LogP contribution in [-0.4, -0.2) is 69.5 Å². The summed E-state index contributed by atoms with van der Waals surface area (Å²) in [6.07, 6.45) is 3.17. The van der Waals surface area contributed by atoms with Gasteiger partial charge < -0.3 is 29.0 Å². The van der Waals surface area contributed by atoms with Crippen molar-refractivity contribution in [3.63, 3.8) is 0 Å². The monoisotopic (exact) mass is 643 g/mol. The number of fused-ring (bicyclic) bond motifs is 1. The van der Waals surface area contributed by atoms with Crippen LogP contribution in [0.25, 0.3) is 22.3 Å². The van der Waals surface area contributed by atoms with Crippen LogP contribution in [0, 0.1) is 5.82 Å². The van der Waals surface area contributed by atoms with Crippen molar-refractivity contribution in [3.05, 3.63) is 77.9 Å². The normalized spacial score (nSPS) is 15.1. The van der Waals surface area contributed by atoms with Crippen molar-refractivity contribution in [2.24, 2.45) is 7.05 Å². The fourth-order valence-corrected chi connectivity index (χ4v) is 6.19. The zero-order chi connectivity index (χ0) is 33.3. The third kappa shape index (κ3) is 6.35. The Morgan fingerprint density at radius 1 is 0.957 bits per heavy atom. The van der Waals surface area contributed by atoms with Crippen LogP contribution in [0.4, 0.5) is 9.18 Å². The number of nitrogens with zero attached hydrogens (tertiary/aromatic N) is 3. The largest absolute Gasteiger partial charge is 0.511 e. The Kier molecular flexibility index (Phi) is 8.59. The van der Waals surface area contributed by atoms with Crippen LogP contribution in [0.5, 0.6) is 23.0 Å². The maximum absolute atomic E-state index is 14.3. The van der Waals surface area contributed by atoms with Gasteiger partial charge in [-0.1, -0.05) is 12.1 Å². The number of ether oxygens (including phenoxy) is 4. The molecule has 0 atom stereocenters. The Bertz CT molecular complexity index is 1830. The third-order valence-corrected chi connectivity index (χ3v) is 8.42. The average Bonchev–Trinajstić information content (AvgIpc) is 3.48. The smallest absolute Gasteiger partial charge is 0.493 e. The Hall–Kier alpha value is -5.39. The van der Waals surface area contributed by atoms with Gasteiger partial charge in [0.25, 0.3) is 5.91 Å². The second-order valence-electron chi connectivity index (χ2n) is 11.5. The fourth-order valence-electron chi connectivity index (χ4n) is 6.19. The predicted octanol–water partition coefficient (Wildman–Crippen LogP) is 6.39. The molecule has 11 nitrogen and oxygen atoms in total. The standard InChI is InChI=1S/C35H34FN3O8/c1-4-44-30-16-23(17-31(45-5-2)32(30)22-6-8-26(36)29(15-22)46-34(42)43)33(41)39-12-10-35(11-13-39)18-27(40)25-14-21(7-9-28(25)47-35)24-19-37-38(3)20-24/h6-9,14-17,19-20H,4-5,10-13,18H2,1-3H3,(H,42,43). The van der Waals surface area contributed by atoms with E-state index in [2.05, 4.69) is 9.84 Å². The summed E-state index contributed by atoms with van der Waals surface area (Å²) < 4.78 is 38.9. The first-order chi connectivity index (χ1) is 22.6. The van der Waals surface area contributed by atoms with Gasteiger partial charge in [-0.2, -0.15) is 5.10 Å². The van der Waals surface area contributed by atoms with Gasteiger partial charge in [-0.05, 0) is 61.4 Å². The van der Waals surface area contributed by atoms with E-state index in [9.17, 15) is 18.8 Å². The van der Waals surface area contributed by atoms with Crippen molar-refractivity contribution in [1.82, 2.24) is 14.7 Å². The second-order valence-corrected chi connectivity index (χ2v) is 11.5. The van der Waals surface area contributed by atoms with Gasteiger partial charge in [-0.3, -0.25) is 14.3 Å². The molecule has 3 heterocycles. The van der Waals surface area contributed by atoms with Gasteiger partial charge in [0.15, 0.2) is 17.3 Å². The number of carboxylic acid groups (broad SMARTS) is 1. The zero-order valence-corrected chi connectivity index (χ0v) is 26.2. The number of ketones is 1. The molecule has 4 aromatic rings. The van der Waals surface area contributed by atoms with E-state index in [0.717, 1.165) is 17.2 Å². The molecule has 0 unspecified atom stereocenters. The minimum Gasteiger partial charge on any atom is -0.493 e. The number of amides is 1. The van der Waals surface area contributed by atoms with Gasteiger partial charge >= 0.3 is 6.16 Å². The maximum atomic E-state index is 14.3. The summed E-state index contributed by atoms with van der Waals surface area (Å²) in [6.45, 7) is 4.85. The minimum atomic E-state index is -1.65. The number of aryl methyl sites for hydroxylation is 1. The van der Waals surface area contributed by atoms with Gasteiger partial charge in [-0.15, -0.1) is 0 Å². The van der Waals surface area contributed by atoms with E-state index in [4.69, 9.17) is 19.3 Å². The van der Waals surface area contributed by atoms with E-state index in [0.29, 0.717) is 65.4 Å². The number of rotatable bonds is 8. The highest BCUT2D eigenvalue weighted by molar-refractivity contribution is 6.01. The van der Waals surface area contributed by atoms with Crippen molar-refractivity contribution in [2.45, 2.75) is 38.7 Å². The van der Waals surface area contributed by atoms with E-state index in [1.54, 1.807) is 41.8 Å². The van der Waals surface area contributed by atoms with Crippen molar-refractivity contribution in [3.8, 4) is 45.3 Å². The molecule has 1 amide bonds. The predicted molar refractivity (Wildman–Crippen MR) is 169 cm³/mol. The molecule has 1 N–H and O–H groups in total. The van der Waals surface area contributed by atoms with Crippen LogP contribution in [0.15, 0.2) is 60.9 Å². The highest BCUT2D eigenvalue weighted by atomic mass is 19.1. The lowest BCUT2D eigenvalue weighted by Gasteiger charge is -2.44. The number of carbonyl (C=O) groups excluding carboxylic acids is 2. The lowest BCUT2D eigenvalue weighted by Crippen LogP contribution is -2.52. The van der Waals surface area contributed by atoms with Crippen molar-refractivity contribution in [1.29, 1.82) is 0 Å². The number of benzene rings is 3. The molecule has 0 saturated carbocycles. The number of hydrogen-bond donors (Lipinski definition) is 1. The number of halogens is 1. The Morgan fingerprint density at radius 2 is 1.64 bits per heavy atom. The molecule has 12 heteroatoms. The summed E-state index contributed by atoms with van der Waals surface area (Å²) in [6, 6.07) is 12.6. The third-order valence-electron chi connectivity index (χ3n) is 8.42. The maximum Gasteiger partial charge on any atom is 0.511 e. The summed E-state index contributed by atoms with van der Waals surface area (Å²) in [4.78, 5) is 40.0. The molecule has 6 rings (SSSR count). The minimum absolute atomic E-state index is 0.00720. The Balaban J connectivity index is 1.23. The first-order valence-corrected chi connectivity index (χ1v) is 15.4. The first-order valence-electron chi connectivity index (χ1n) is 15.4. The van der Waals surface area contributed by atoms with Crippen LogP contribution in [0.2, 0.25) is 0 Å². The zero-order valence-electron chi connectivity index (χ0n) is 26.2. The van der Waals surface area contributed by atoms with Crippen LogP contribution in [-0.2, 0) is 7.05 Å². The Labute approximate surface area is 270 Å². The summed E-state index contributed by atoms with van der Waals surface area (Å²) in [5, 5.41) is 13.2. The molecule has 0 radical (unpaired) electrons. The summed E-state index contributed by atoms with van der Waals surface area (Å²) >= 11 is 0. The second kappa shape index (κ2) is 12.8. The van der Waals surface area contributed by atoms with E-state index in [1.165, 1.54) is 12.1 Å². The van der Waals surface area contributed by atoms with Crippen LogP contribution >= 0.6 is 0 Å². The highest BCUT2D eigenvalue weighted by Crippen LogP contribution is 2.44. The number of aromatic nitrogens is 2.